The van der Waals surface area contributed by atoms with Crippen LogP contribution in [0.15, 0.2) is 24.4 Å². The minimum Gasteiger partial charge on any atom is -0.493 e. The summed E-state index contributed by atoms with van der Waals surface area (Å²) >= 11 is 6.29. The zero-order valence-electron chi connectivity index (χ0n) is 13.0. The fourth-order valence-electron chi connectivity index (χ4n) is 2.36. The first-order valence-corrected chi connectivity index (χ1v) is 7.51. The fraction of sp³-hybridized carbons (Fsp3) is 0.438. The Hall–Kier alpha value is -1.52. The quantitative estimate of drug-likeness (QED) is 0.888. The number of aromatic nitrogens is 2. The highest BCUT2D eigenvalue weighted by Gasteiger charge is 2.22. The van der Waals surface area contributed by atoms with E-state index in [4.69, 9.17) is 16.3 Å². The second kappa shape index (κ2) is 6.96. The first-order valence-electron chi connectivity index (χ1n) is 7.13. The molecule has 0 saturated carbocycles. The number of nitrogens with one attached hydrogen (secondary N) is 1. The van der Waals surface area contributed by atoms with Crippen LogP contribution in [0.2, 0.25) is 5.02 Å². The molecule has 5 heteroatoms. The summed E-state index contributed by atoms with van der Waals surface area (Å²) in [5, 5.41) is 8.63. The summed E-state index contributed by atoms with van der Waals surface area (Å²) in [4.78, 5) is 0. The molecule has 0 aliphatic heterocycles. The predicted molar refractivity (Wildman–Crippen MR) is 86.1 cm³/mol. The summed E-state index contributed by atoms with van der Waals surface area (Å²) in [6, 6.07) is 6.16. The van der Waals surface area contributed by atoms with Crippen LogP contribution in [0.25, 0.3) is 0 Å². The molecule has 0 aliphatic rings. The van der Waals surface area contributed by atoms with Gasteiger partial charge in [-0.05, 0) is 37.1 Å². The molecule has 114 valence electrons. The first kappa shape index (κ1) is 15.9. The summed E-state index contributed by atoms with van der Waals surface area (Å²) in [5.41, 5.74) is 3.19. The molecule has 0 saturated heterocycles. The van der Waals surface area contributed by atoms with Crippen molar-refractivity contribution in [2.75, 3.05) is 13.7 Å². The topological polar surface area (TPSA) is 39.1 Å². The number of halogens is 1. The van der Waals surface area contributed by atoms with E-state index in [1.54, 1.807) is 13.3 Å². The van der Waals surface area contributed by atoms with Gasteiger partial charge in [0.15, 0.2) is 5.75 Å². The molecule has 0 fully saturated rings. The lowest BCUT2D eigenvalue weighted by atomic mass is 10.0. The van der Waals surface area contributed by atoms with E-state index in [1.807, 2.05) is 30.8 Å². The lowest BCUT2D eigenvalue weighted by Crippen LogP contribution is -2.25. The zero-order valence-corrected chi connectivity index (χ0v) is 13.7. The van der Waals surface area contributed by atoms with Crippen molar-refractivity contribution in [2.24, 2.45) is 7.05 Å². The maximum atomic E-state index is 6.29. The van der Waals surface area contributed by atoms with Gasteiger partial charge in [-0.25, -0.2) is 0 Å². The number of rotatable bonds is 6. The van der Waals surface area contributed by atoms with Crippen molar-refractivity contribution >= 4 is 11.6 Å². The van der Waals surface area contributed by atoms with E-state index in [2.05, 4.69) is 23.4 Å². The van der Waals surface area contributed by atoms with Crippen LogP contribution in [0.4, 0.5) is 0 Å². The van der Waals surface area contributed by atoms with Gasteiger partial charge >= 0.3 is 0 Å². The molecule has 1 heterocycles. The number of hydrogen-bond donors (Lipinski definition) is 1. The SMILES string of the molecule is CCCNC(c1ccc(C)c(Cl)c1)c1c(OC)cnn1C. The van der Waals surface area contributed by atoms with Crippen molar-refractivity contribution in [3.8, 4) is 5.75 Å². The van der Waals surface area contributed by atoms with E-state index in [0.717, 1.165) is 40.6 Å². The van der Waals surface area contributed by atoms with Crippen LogP contribution in [0.1, 0.15) is 36.2 Å². The highest BCUT2D eigenvalue weighted by molar-refractivity contribution is 6.31. The molecule has 1 N–H and O–H groups in total. The van der Waals surface area contributed by atoms with Gasteiger partial charge in [-0.15, -0.1) is 0 Å². The van der Waals surface area contributed by atoms with Gasteiger partial charge in [0.25, 0.3) is 0 Å². The van der Waals surface area contributed by atoms with Crippen molar-refractivity contribution in [1.29, 1.82) is 0 Å². The third-order valence-corrected chi connectivity index (χ3v) is 3.98. The molecule has 0 bridgehead atoms. The summed E-state index contributed by atoms with van der Waals surface area (Å²) in [6.07, 6.45) is 2.79. The Kier molecular flexibility index (Phi) is 5.26. The van der Waals surface area contributed by atoms with E-state index < -0.39 is 0 Å². The van der Waals surface area contributed by atoms with E-state index >= 15 is 0 Å². The van der Waals surface area contributed by atoms with Crippen molar-refractivity contribution in [1.82, 2.24) is 15.1 Å². The maximum absolute atomic E-state index is 6.29. The lowest BCUT2D eigenvalue weighted by Gasteiger charge is -2.21. The summed E-state index contributed by atoms with van der Waals surface area (Å²) in [5.74, 6) is 0.780. The Morgan fingerprint density at radius 1 is 1.43 bits per heavy atom. The number of ether oxygens (including phenoxy) is 1. The van der Waals surface area contributed by atoms with E-state index in [-0.39, 0.29) is 6.04 Å². The Bertz CT molecular complexity index is 610. The minimum absolute atomic E-state index is 0.00509. The molecule has 0 amide bonds. The fourth-order valence-corrected chi connectivity index (χ4v) is 2.55. The van der Waals surface area contributed by atoms with Crippen LogP contribution in [0.3, 0.4) is 0 Å². The lowest BCUT2D eigenvalue weighted by molar-refractivity contribution is 0.400. The van der Waals surface area contributed by atoms with Crippen molar-refractivity contribution in [3.05, 3.63) is 46.2 Å². The molecule has 2 rings (SSSR count). The average Bonchev–Trinajstić information content (AvgIpc) is 2.84. The van der Waals surface area contributed by atoms with Gasteiger partial charge in [0.05, 0.1) is 19.3 Å². The summed E-state index contributed by atoms with van der Waals surface area (Å²) < 4.78 is 7.29. The average molecular weight is 308 g/mol. The number of nitrogens with zero attached hydrogens (tertiary/aromatic N) is 2. The van der Waals surface area contributed by atoms with Gasteiger partial charge in [-0.3, -0.25) is 4.68 Å². The van der Waals surface area contributed by atoms with Crippen molar-refractivity contribution in [2.45, 2.75) is 26.3 Å². The normalized spacial score (nSPS) is 12.4. The molecule has 2 aromatic rings. The Morgan fingerprint density at radius 3 is 2.81 bits per heavy atom. The number of aryl methyl sites for hydroxylation is 2. The molecule has 0 aliphatic carbocycles. The van der Waals surface area contributed by atoms with Gasteiger partial charge in [0.2, 0.25) is 0 Å². The van der Waals surface area contributed by atoms with Gasteiger partial charge in [0.1, 0.15) is 5.69 Å². The second-order valence-electron chi connectivity index (χ2n) is 5.12. The molecule has 1 unspecified atom stereocenters. The Morgan fingerprint density at radius 2 is 2.19 bits per heavy atom. The number of benzene rings is 1. The Balaban J connectivity index is 2.46. The highest BCUT2D eigenvalue weighted by Crippen LogP contribution is 2.31. The molecule has 21 heavy (non-hydrogen) atoms. The first-order chi connectivity index (χ1) is 10.1. The van der Waals surface area contributed by atoms with E-state index in [9.17, 15) is 0 Å². The van der Waals surface area contributed by atoms with Crippen molar-refractivity contribution < 1.29 is 4.74 Å². The molecule has 0 radical (unpaired) electrons. The monoisotopic (exact) mass is 307 g/mol. The predicted octanol–water partition coefficient (Wildman–Crippen LogP) is 3.48. The molecular weight excluding hydrogens is 286 g/mol. The smallest absolute Gasteiger partial charge is 0.161 e. The molecule has 4 nitrogen and oxygen atoms in total. The van der Waals surface area contributed by atoms with Gasteiger partial charge in [0, 0.05) is 12.1 Å². The van der Waals surface area contributed by atoms with Crippen LogP contribution >= 0.6 is 11.6 Å². The number of hydrogen-bond acceptors (Lipinski definition) is 3. The minimum atomic E-state index is 0.00509. The van der Waals surface area contributed by atoms with Crippen LogP contribution in [-0.4, -0.2) is 23.4 Å². The van der Waals surface area contributed by atoms with Crippen LogP contribution in [0.5, 0.6) is 5.75 Å². The second-order valence-corrected chi connectivity index (χ2v) is 5.52. The van der Waals surface area contributed by atoms with Gasteiger partial charge in [-0.1, -0.05) is 30.7 Å². The van der Waals surface area contributed by atoms with Crippen molar-refractivity contribution in [3.63, 3.8) is 0 Å². The number of methoxy groups -OCH3 is 1. The Labute approximate surface area is 131 Å². The maximum Gasteiger partial charge on any atom is 0.161 e. The standard InChI is InChI=1S/C16H22ClN3O/c1-5-8-18-15(12-7-6-11(2)13(17)9-12)16-14(21-4)10-19-20(16)3/h6-7,9-10,15,18H,5,8H2,1-4H3. The molecule has 1 aromatic heterocycles. The van der Waals surface area contributed by atoms with Gasteiger partial charge in [-0.2, -0.15) is 5.10 Å². The molecular formula is C16H22ClN3O. The van der Waals surface area contributed by atoms with E-state index in [0.29, 0.717) is 0 Å². The summed E-state index contributed by atoms with van der Waals surface area (Å²) in [7, 11) is 3.59. The molecule has 0 spiro atoms. The summed E-state index contributed by atoms with van der Waals surface area (Å²) in [6.45, 7) is 5.06. The van der Waals surface area contributed by atoms with Gasteiger partial charge < -0.3 is 10.1 Å². The van der Waals surface area contributed by atoms with Crippen LogP contribution < -0.4 is 10.1 Å². The third-order valence-electron chi connectivity index (χ3n) is 3.57. The third kappa shape index (κ3) is 3.39. The van der Waals surface area contributed by atoms with E-state index in [1.165, 1.54) is 0 Å². The molecule has 1 aromatic carbocycles. The van der Waals surface area contributed by atoms with Crippen LogP contribution in [-0.2, 0) is 7.05 Å². The zero-order chi connectivity index (χ0) is 15.4. The largest absolute Gasteiger partial charge is 0.493 e. The highest BCUT2D eigenvalue weighted by atomic mass is 35.5. The molecule has 1 atom stereocenters. The van der Waals surface area contributed by atoms with Crippen LogP contribution in [0, 0.1) is 6.92 Å².